The topological polar surface area (TPSA) is 83.8 Å². The summed E-state index contributed by atoms with van der Waals surface area (Å²) in [5.41, 5.74) is -0.112. The number of hydrogen-bond acceptors (Lipinski definition) is 8. The lowest BCUT2D eigenvalue weighted by Crippen LogP contribution is -2.44. The number of terminal acetylenes is 1. The van der Waals surface area contributed by atoms with Crippen LogP contribution < -0.4 is 9.64 Å². The van der Waals surface area contributed by atoms with Crippen LogP contribution in [0, 0.1) is 24.0 Å². The molecular formula is C34H32F3N5O3. The van der Waals surface area contributed by atoms with Gasteiger partial charge in [-0.05, 0) is 62.2 Å². The summed E-state index contributed by atoms with van der Waals surface area (Å²) in [6.07, 6.45) is 9.82. The molecule has 11 heteroatoms. The van der Waals surface area contributed by atoms with Gasteiger partial charge in [-0.1, -0.05) is 12.0 Å². The molecule has 2 aromatic heterocycles. The molecule has 2 aromatic carbocycles. The predicted molar refractivity (Wildman–Crippen MR) is 163 cm³/mol. The number of nitrogens with zero attached hydrogens (tertiary/aromatic N) is 5. The fourth-order valence-electron chi connectivity index (χ4n) is 7.91. The number of hydrogen-bond donors (Lipinski definition) is 1. The first-order valence-corrected chi connectivity index (χ1v) is 15.5. The summed E-state index contributed by atoms with van der Waals surface area (Å²) in [4.78, 5) is 18.5. The van der Waals surface area contributed by atoms with Crippen molar-refractivity contribution in [2.24, 2.45) is 0 Å². The zero-order valence-corrected chi connectivity index (χ0v) is 24.7. The van der Waals surface area contributed by atoms with E-state index in [2.05, 4.69) is 20.7 Å². The molecule has 1 N–H and O–H groups in total. The van der Waals surface area contributed by atoms with Crippen molar-refractivity contribution >= 4 is 27.5 Å². The summed E-state index contributed by atoms with van der Waals surface area (Å²) >= 11 is 0. The van der Waals surface area contributed by atoms with E-state index in [0.717, 1.165) is 38.6 Å². The first-order valence-electron chi connectivity index (χ1n) is 15.5. The van der Waals surface area contributed by atoms with Crippen LogP contribution >= 0.6 is 0 Å². The quantitative estimate of drug-likeness (QED) is 0.295. The molecule has 4 aliphatic heterocycles. The van der Waals surface area contributed by atoms with E-state index < -0.39 is 23.3 Å². The number of benzene rings is 2. The van der Waals surface area contributed by atoms with Crippen LogP contribution in [0.15, 0.2) is 24.3 Å². The van der Waals surface area contributed by atoms with Gasteiger partial charge in [0.1, 0.15) is 41.4 Å². The zero-order valence-electron chi connectivity index (χ0n) is 24.7. The maximum absolute atomic E-state index is 17.0. The Bertz CT molecular complexity index is 1900. The average Bonchev–Trinajstić information content (AvgIpc) is 3.55. The second-order valence-electron chi connectivity index (χ2n) is 12.7. The minimum Gasteiger partial charge on any atom is -0.508 e. The van der Waals surface area contributed by atoms with Crippen molar-refractivity contribution in [2.75, 3.05) is 37.7 Å². The molecule has 0 amide bonds. The number of fused-ring (bicyclic) bond motifs is 4. The normalized spacial score (nSPS) is 24.7. The highest BCUT2D eigenvalue weighted by molar-refractivity contribution is 6.03. The summed E-state index contributed by atoms with van der Waals surface area (Å²) in [5.74, 6) is 1.34. The molecule has 8 nitrogen and oxygen atoms in total. The van der Waals surface area contributed by atoms with Crippen LogP contribution in [0.2, 0.25) is 0 Å². The van der Waals surface area contributed by atoms with E-state index >= 15 is 4.39 Å². The number of aromatic nitrogens is 3. The highest BCUT2D eigenvalue weighted by Gasteiger charge is 2.49. The summed E-state index contributed by atoms with van der Waals surface area (Å²) in [6.45, 7) is 2.60. The van der Waals surface area contributed by atoms with Crippen molar-refractivity contribution in [1.29, 1.82) is 0 Å². The fraction of sp³-hybridized carbons (Fsp3) is 0.441. The van der Waals surface area contributed by atoms with E-state index in [0.29, 0.717) is 48.4 Å². The third-order valence-corrected chi connectivity index (χ3v) is 9.95. The van der Waals surface area contributed by atoms with Gasteiger partial charge in [0.25, 0.3) is 0 Å². The van der Waals surface area contributed by atoms with E-state index in [1.165, 1.54) is 24.3 Å². The third kappa shape index (κ3) is 4.57. The van der Waals surface area contributed by atoms with Crippen molar-refractivity contribution in [3.05, 3.63) is 47.2 Å². The van der Waals surface area contributed by atoms with Gasteiger partial charge in [-0.25, -0.2) is 18.2 Å². The van der Waals surface area contributed by atoms with Crippen molar-refractivity contribution in [3.8, 4) is 35.4 Å². The largest absolute Gasteiger partial charge is 0.508 e. The number of rotatable bonds is 4. The van der Waals surface area contributed by atoms with Crippen molar-refractivity contribution in [3.63, 3.8) is 0 Å². The van der Waals surface area contributed by atoms with Crippen LogP contribution in [0.5, 0.6) is 11.8 Å². The Labute approximate surface area is 258 Å². The first kappa shape index (κ1) is 28.3. The Morgan fingerprint density at radius 1 is 1.11 bits per heavy atom. The first-order chi connectivity index (χ1) is 21.8. The van der Waals surface area contributed by atoms with Gasteiger partial charge in [0.2, 0.25) is 0 Å². The molecule has 4 aliphatic rings. The number of phenols is 1. The highest BCUT2D eigenvalue weighted by Crippen LogP contribution is 2.43. The minimum absolute atomic E-state index is 0.00461. The molecule has 0 aliphatic carbocycles. The Hall–Kier alpha value is -4.14. The fourth-order valence-corrected chi connectivity index (χ4v) is 7.91. The lowest BCUT2D eigenvalue weighted by molar-refractivity contribution is 0.0956. The van der Waals surface area contributed by atoms with E-state index in [-0.39, 0.29) is 58.7 Å². The van der Waals surface area contributed by atoms with Gasteiger partial charge < -0.3 is 19.5 Å². The zero-order chi connectivity index (χ0) is 30.9. The number of phenolic OH excluding ortho intramolecular Hbond substituents is 1. The van der Waals surface area contributed by atoms with Crippen LogP contribution in [-0.2, 0) is 11.3 Å². The molecule has 0 radical (unpaired) electrons. The minimum atomic E-state index is -0.919. The second kappa shape index (κ2) is 10.7. The second-order valence-corrected chi connectivity index (χ2v) is 12.7. The van der Waals surface area contributed by atoms with Crippen LogP contribution in [0.1, 0.15) is 49.8 Å². The molecule has 3 saturated heterocycles. The van der Waals surface area contributed by atoms with Crippen LogP contribution in [0.4, 0.5) is 19.0 Å². The molecule has 3 atom stereocenters. The summed E-state index contributed by atoms with van der Waals surface area (Å²) < 4.78 is 58.7. The number of pyridine rings is 1. The van der Waals surface area contributed by atoms with E-state index in [4.69, 9.17) is 25.9 Å². The molecule has 6 heterocycles. The smallest absolute Gasteiger partial charge is 0.319 e. The van der Waals surface area contributed by atoms with E-state index in [1.54, 1.807) is 0 Å². The summed E-state index contributed by atoms with van der Waals surface area (Å²) in [7, 11) is 0. The molecule has 45 heavy (non-hydrogen) atoms. The third-order valence-electron chi connectivity index (χ3n) is 9.95. The van der Waals surface area contributed by atoms with Gasteiger partial charge in [-0.2, -0.15) is 9.97 Å². The van der Waals surface area contributed by atoms with Crippen molar-refractivity contribution < 1.29 is 27.8 Å². The molecule has 232 valence electrons. The number of halogens is 3. The van der Waals surface area contributed by atoms with E-state index in [1.807, 2.05) is 0 Å². The Kier molecular flexibility index (Phi) is 6.76. The average molecular weight is 616 g/mol. The molecule has 0 spiro atoms. The summed E-state index contributed by atoms with van der Waals surface area (Å²) in [6, 6.07) is 5.52. The Morgan fingerprint density at radius 3 is 2.87 bits per heavy atom. The molecule has 0 unspecified atom stereocenters. The van der Waals surface area contributed by atoms with Crippen LogP contribution in [-0.4, -0.2) is 75.6 Å². The number of aromatic hydroxyl groups is 1. The SMILES string of the molecule is C#Cc1c(F)ccc2cc(O)cc(-c3nc4c5c(nc(OC[C@@]67CCCN6C[C@H](F)C7)nc5c3F)N3CCCC[C@H]3COC4)c12. The summed E-state index contributed by atoms with van der Waals surface area (Å²) in [5, 5.41) is 11.7. The molecule has 4 aromatic rings. The van der Waals surface area contributed by atoms with Gasteiger partial charge in [0.15, 0.2) is 5.82 Å². The van der Waals surface area contributed by atoms with Crippen LogP contribution in [0.25, 0.3) is 32.9 Å². The van der Waals surface area contributed by atoms with Gasteiger partial charge >= 0.3 is 6.01 Å². The number of alkyl halides is 1. The van der Waals surface area contributed by atoms with Crippen molar-refractivity contribution in [1.82, 2.24) is 19.9 Å². The van der Waals surface area contributed by atoms with Crippen LogP contribution in [0.3, 0.4) is 0 Å². The highest BCUT2D eigenvalue weighted by atomic mass is 19.1. The van der Waals surface area contributed by atoms with Crippen molar-refractivity contribution in [2.45, 2.75) is 62.9 Å². The van der Waals surface area contributed by atoms with Gasteiger partial charge in [0.05, 0.1) is 41.4 Å². The monoisotopic (exact) mass is 615 g/mol. The van der Waals surface area contributed by atoms with Gasteiger partial charge in [0, 0.05) is 30.5 Å². The Balaban J connectivity index is 1.34. The lowest BCUT2D eigenvalue weighted by Gasteiger charge is -2.38. The maximum atomic E-state index is 17.0. The standard InChI is InChI=1S/C34H32F3N5O3/c1-2-23-25(36)8-7-19-12-22(43)13-24(27(19)23)30-29(37)31-28-26(38-30)17-44-16-21-6-3-4-11-42(21)32(28)40-33(39-31)45-18-34-9-5-10-41(34)15-20(35)14-34/h1,7-8,12-13,20-21,43H,3-6,9-11,14-18H2/t20-,21+,34+/m1/s1. The number of anilines is 1. The maximum Gasteiger partial charge on any atom is 0.319 e. The van der Waals surface area contributed by atoms with Gasteiger partial charge in [-0.3, -0.25) is 4.90 Å². The Morgan fingerprint density at radius 2 is 2.00 bits per heavy atom. The van der Waals surface area contributed by atoms with E-state index in [9.17, 15) is 13.9 Å². The lowest BCUT2D eigenvalue weighted by atomic mass is 9.95. The molecule has 3 fully saturated rings. The predicted octanol–water partition coefficient (Wildman–Crippen LogP) is 5.65. The number of piperidine rings is 1. The molecule has 8 rings (SSSR count). The molecule has 0 bridgehead atoms. The number of ether oxygens (including phenoxy) is 2. The molecular weight excluding hydrogens is 583 g/mol. The molecule has 0 saturated carbocycles. The van der Waals surface area contributed by atoms with Gasteiger partial charge in [-0.15, -0.1) is 6.42 Å².